The molecule has 0 saturated carbocycles. The van der Waals surface area contributed by atoms with Crippen molar-refractivity contribution < 1.29 is 38.9 Å². The predicted octanol–water partition coefficient (Wildman–Crippen LogP) is -0.515. The van der Waals surface area contributed by atoms with Gasteiger partial charge in [0.2, 0.25) is 0 Å². The third kappa shape index (κ3) is 3.24. The molecule has 0 unspecified atom stereocenters. The van der Waals surface area contributed by atoms with Gasteiger partial charge < -0.3 is 19.7 Å². The number of rotatable bonds is 1. The number of nitrogens with zero attached hydrogens (tertiary/aromatic N) is 1. The fourth-order valence-electron chi connectivity index (χ4n) is 2.18. The lowest BCUT2D eigenvalue weighted by atomic mass is 10.0. The first kappa shape index (κ1) is 14.7. The van der Waals surface area contributed by atoms with Crippen LogP contribution in [0.5, 0.6) is 0 Å². The van der Waals surface area contributed by atoms with Crippen molar-refractivity contribution in [1.29, 1.82) is 0 Å². The summed E-state index contributed by atoms with van der Waals surface area (Å²) in [6, 6.07) is 0. The van der Waals surface area contributed by atoms with E-state index in [1.165, 1.54) is 0 Å². The number of amides is 2. The minimum Gasteiger partial charge on any atom is -0.448 e. The second kappa shape index (κ2) is 6.16. The van der Waals surface area contributed by atoms with Crippen LogP contribution in [-0.4, -0.2) is 58.9 Å². The molecule has 3 rings (SSSR count). The van der Waals surface area contributed by atoms with Crippen molar-refractivity contribution in [2.45, 2.75) is 31.7 Å². The molecule has 0 aromatic heterocycles. The summed E-state index contributed by atoms with van der Waals surface area (Å²) < 4.78 is 10.3. The van der Waals surface area contributed by atoms with Crippen molar-refractivity contribution in [2.75, 3.05) is 13.2 Å². The molecule has 0 aromatic rings. The highest BCUT2D eigenvalue weighted by molar-refractivity contribution is 6.01. The molecule has 0 aliphatic carbocycles. The SMILES string of the molecule is O=C(O)ON1C(=O)CCC1=O.O[C@H]1CO[C@H]2OCC[C@H]21. The Kier molecular flexibility index (Phi) is 4.53. The molecular weight excluding hydrogens is 274 g/mol. The van der Waals surface area contributed by atoms with E-state index in [1.807, 2.05) is 0 Å². The van der Waals surface area contributed by atoms with Gasteiger partial charge in [-0.3, -0.25) is 14.4 Å². The van der Waals surface area contributed by atoms with E-state index in [2.05, 4.69) is 4.84 Å². The maximum Gasteiger partial charge on any atom is 0.531 e. The zero-order chi connectivity index (χ0) is 14.7. The number of fused-ring (bicyclic) bond motifs is 1. The number of imide groups is 1. The predicted molar refractivity (Wildman–Crippen MR) is 60.0 cm³/mol. The second-order valence-electron chi connectivity index (χ2n) is 4.53. The van der Waals surface area contributed by atoms with Gasteiger partial charge in [0.05, 0.1) is 19.3 Å². The van der Waals surface area contributed by atoms with E-state index in [0.29, 0.717) is 6.61 Å². The number of hydroxylamine groups is 2. The highest BCUT2D eigenvalue weighted by Crippen LogP contribution is 2.30. The van der Waals surface area contributed by atoms with Crippen molar-refractivity contribution >= 4 is 18.0 Å². The van der Waals surface area contributed by atoms with E-state index < -0.39 is 18.0 Å². The van der Waals surface area contributed by atoms with Crippen LogP contribution < -0.4 is 0 Å². The molecule has 3 aliphatic heterocycles. The standard InChI is InChI=1S/C6H10O3.C5H5NO5/c7-5-3-9-6-4(5)1-2-8-6;7-3-1-2-4(8)6(3)11-5(9)10/h4-7H,1-3H2;1-2H2,(H,9,10)/t4-,5-,6+;/m0./s1. The van der Waals surface area contributed by atoms with Crippen LogP contribution in [0.4, 0.5) is 4.79 Å². The van der Waals surface area contributed by atoms with E-state index in [4.69, 9.17) is 14.6 Å². The van der Waals surface area contributed by atoms with Crippen LogP contribution in [0.2, 0.25) is 0 Å². The number of aliphatic hydroxyl groups is 1. The fourth-order valence-corrected chi connectivity index (χ4v) is 2.18. The molecule has 3 saturated heterocycles. The van der Waals surface area contributed by atoms with Crippen molar-refractivity contribution in [3.63, 3.8) is 0 Å². The van der Waals surface area contributed by atoms with Crippen molar-refractivity contribution in [1.82, 2.24) is 5.06 Å². The van der Waals surface area contributed by atoms with Gasteiger partial charge in [0.1, 0.15) is 0 Å². The first-order valence-electron chi connectivity index (χ1n) is 6.17. The van der Waals surface area contributed by atoms with Crippen LogP contribution in [0.15, 0.2) is 0 Å². The van der Waals surface area contributed by atoms with Gasteiger partial charge in [-0.2, -0.15) is 0 Å². The average Bonchev–Trinajstić information content (AvgIpc) is 3.05. The molecule has 9 heteroatoms. The number of hydrogen-bond acceptors (Lipinski definition) is 7. The molecule has 3 fully saturated rings. The van der Waals surface area contributed by atoms with Crippen LogP contribution in [0.3, 0.4) is 0 Å². The first-order chi connectivity index (χ1) is 9.49. The van der Waals surface area contributed by atoms with Crippen molar-refractivity contribution in [3.05, 3.63) is 0 Å². The number of aliphatic hydroxyl groups excluding tert-OH is 1. The summed E-state index contributed by atoms with van der Waals surface area (Å²) in [5, 5.41) is 17.5. The summed E-state index contributed by atoms with van der Waals surface area (Å²) in [6.07, 6.45) is -1.05. The fraction of sp³-hybridized carbons (Fsp3) is 0.727. The number of carbonyl (C=O) groups is 3. The lowest BCUT2D eigenvalue weighted by Gasteiger charge is -2.08. The Labute approximate surface area is 114 Å². The van der Waals surface area contributed by atoms with Crippen LogP contribution >= 0.6 is 0 Å². The van der Waals surface area contributed by atoms with Crippen LogP contribution in [0.1, 0.15) is 19.3 Å². The molecule has 2 N–H and O–H groups in total. The lowest BCUT2D eigenvalue weighted by Crippen LogP contribution is -2.31. The summed E-state index contributed by atoms with van der Waals surface area (Å²) in [6.45, 7) is 1.20. The molecule has 3 aliphatic rings. The smallest absolute Gasteiger partial charge is 0.448 e. The van der Waals surface area contributed by atoms with E-state index in [-0.39, 0.29) is 36.2 Å². The average molecular weight is 289 g/mol. The molecule has 2 amide bonds. The monoisotopic (exact) mass is 289 g/mol. The molecule has 9 nitrogen and oxygen atoms in total. The van der Waals surface area contributed by atoms with Crippen LogP contribution in [0, 0.1) is 5.92 Å². The zero-order valence-corrected chi connectivity index (χ0v) is 10.6. The van der Waals surface area contributed by atoms with Crippen molar-refractivity contribution in [2.24, 2.45) is 5.92 Å². The third-order valence-corrected chi connectivity index (χ3v) is 3.18. The molecule has 3 atom stereocenters. The number of carboxylic acid groups (broad SMARTS) is 1. The lowest BCUT2D eigenvalue weighted by molar-refractivity contribution is -0.175. The normalized spacial score (nSPS) is 31.9. The van der Waals surface area contributed by atoms with Gasteiger partial charge >= 0.3 is 6.16 Å². The molecule has 0 spiro atoms. The Morgan fingerprint density at radius 2 is 1.90 bits per heavy atom. The van der Waals surface area contributed by atoms with Gasteiger partial charge in [-0.25, -0.2) is 4.79 Å². The van der Waals surface area contributed by atoms with E-state index in [1.54, 1.807) is 0 Å². The maximum absolute atomic E-state index is 10.6. The summed E-state index contributed by atoms with van der Waals surface area (Å²) >= 11 is 0. The number of hydrogen-bond donors (Lipinski definition) is 2. The van der Waals surface area contributed by atoms with Crippen LogP contribution in [0.25, 0.3) is 0 Å². The first-order valence-corrected chi connectivity index (χ1v) is 6.17. The maximum atomic E-state index is 10.6. The molecule has 0 bridgehead atoms. The Morgan fingerprint density at radius 1 is 1.25 bits per heavy atom. The summed E-state index contributed by atoms with van der Waals surface area (Å²) in [7, 11) is 0. The Morgan fingerprint density at radius 3 is 2.45 bits per heavy atom. The molecule has 112 valence electrons. The summed E-state index contributed by atoms with van der Waals surface area (Å²) in [5.41, 5.74) is 0. The van der Waals surface area contributed by atoms with E-state index in [9.17, 15) is 19.5 Å². The Balaban J connectivity index is 0.000000149. The van der Waals surface area contributed by atoms with E-state index in [0.717, 1.165) is 13.0 Å². The van der Waals surface area contributed by atoms with Gasteiger partial charge in [-0.15, -0.1) is 0 Å². The Bertz CT molecular complexity index is 395. The largest absolute Gasteiger partial charge is 0.531 e. The number of ether oxygens (including phenoxy) is 2. The van der Waals surface area contributed by atoms with Crippen LogP contribution in [-0.2, 0) is 23.9 Å². The van der Waals surface area contributed by atoms with Gasteiger partial charge in [-0.1, -0.05) is 5.06 Å². The Hall–Kier alpha value is -1.71. The third-order valence-electron chi connectivity index (χ3n) is 3.18. The molecule has 0 aromatic carbocycles. The van der Waals surface area contributed by atoms with Crippen molar-refractivity contribution in [3.8, 4) is 0 Å². The van der Waals surface area contributed by atoms with Gasteiger partial charge in [0.15, 0.2) is 6.29 Å². The highest BCUT2D eigenvalue weighted by Gasteiger charge is 2.40. The molecule has 3 heterocycles. The van der Waals surface area contributed by atoms with Gasteiger partial charge in [0, 0.05) is 18.8 Å². The highest BCUT2D eigenvalue weighted by atomic mass is 16.8. The topological polar surface area (TPSA) is 123 Å². The molecule has 0 radical (unpaired) electrons. The second-order valence-corrected chi connectivity index (χ2v) is 4.53. The summed E-state index contributed by atoms with van der Waals surface area (Å²) in [5.74, 6) is -0.972. The minimum atomic E-state index is -1.66. The molecule has 20 heavy (non-hydrogen) atoms. The number of carbonyl (C=O) groups excluding carboxylic acids is 2. The van der Waals surface area contributed by atoms with Gasteiger partial charge in [-0.05, 0) is 6.42 Å². The summed E-state index contributed by atoms with van der Waals surface area (Å²) in [4.78, 5) is 35.0. The zero-order valence-electron chi connectivity index (χ0n) is 10.6. The van der Waals surface area contributed by atoms with E-state index >= 15 is 0 Å². The van der Waals surface area contributed by atoms with Gasteiger partial charge in [0.25, 0.3) is 11.8 Å². The minimum absolute atomic E-state index is 0.0200. The quantitative estimate of drug-likeness (QED) is 0.618. The molecular formula is C11H15NO8.